The van der Waals surface area contributed by atoms with E-state index in [1.807, 2.05) is 31.2 Å². The number of hydrogen-bond donors (Lipinski definition) is 0. The summed E-state index contributed by atoms with van der Waals surface area (Å²) in [6.07, 6.45) is 0.0707. The molecule has 0 N–H and O–H groups in total. The van der Waals surface area contributed by atoms with Crippen molar-refractivity contribution in [3.63, 3.8) is 0 Å². The molecule has 1 aliphatic heterocycles. The fourth-order valence-electron chi connectivity index (χ4n) is 1.71. The first-order valence-electron chi connectivity index (χ1n) is 5.59. The van der Waals surface area contributed by atoms with Crippen molar-refractivity contribution in [2.45, 2.75) is 19.4 Å². The zero-order valence-electron chi connectivity index (χ0n) is 10.3. The Kier molecular flexibility index (Phi) is 3.13. The van der Waals surface area contributed by atoms with Crippen LogP contribution in [-0.2, 0) is 9.63 Å². The summed E-state index contributed by atoms with van der Waals surface area (Å²) < 4.78 is 0. The summed E-state index contributed by atoms with van der Waals surface area (Å²) >= 11 is 0. The van der Waals surface area contributed by atoms with Crippen LogP contribution >= 0.6 is 0 Å². The van der Waals surface area contributed by atoms with E-state index in [4.69, 9.17) is 4.84 Å². The van der Waals surface area contributed by atoms with E-state index in [-0.39, 0.29) is 5.91 Å². The third-order valence-corrected chi connectivity index (χ3v) is 2.77. The molecule has 1 heterocycles. The lowest BCUT2D eigenvalue weighted by atomic mass is 10.0. The minimum atomic E-state index is -0.471. The summed E-state index contributed by atoms with van der Waals surface area (Å²) in [5.41, 5.74) is 3.06. The molecule has 1 aliphatic rings. The molecule has 0 radical (unpaired) electrons. The molecule has 0 aromatic heterocycles. The molecular weight excluding hydrogens is 216 g/mol. The first-order chi connectivity index (χ1) is 8.08. The Hall–Kier alpha value is -1.84. The molecule has 1 amide bonds. The maximum absolute atomic E-state index is 11.7. The largest absolute Gasteiger partial charge is 0.382 e. The monoisotopic (exact) mass is 232 g/mol. The van der Waals surface area contributed by atoms with Crippen LogP contribution in [0.4, 0.5) is 0 Å². The summed E-state index contributed by atoms with van der Waals surface area (Å²) in [6, 6.07) is 8.05. The third kappa shape index (κ3) is 2.46. The number of benzene rings is 1. The van der Waals surface area contributed by atoms with Crippen molar-refractivity contribution >= 4 is 11.6 Å². The van der Waals surface area contributed by atoms with Crippen molar-refractivity contribution in [3.05, 3.63) is 35.4 Å². The highest BCUT2D eigenvalue weighted by molar-refractivity contribution is 6.04. The smallest absolute Gasteiger partial charge is 0.266 e. The fraction of sp³-hybridized carbons (Fsp3) is 0.385. The second-order valence-electron chi connectivity index (χ2n) is 4.43. The van der Waals surface area contributed by atoms with Gasteiger partial charge in [-0.05, 0) is 12.5 Å². The molecule has 0 saturated heterocycles. The molecule has 4 heteroatoms. The van der Waals surface area contributed by atoms with Crippen LogP contribution in [0, 0.1) is 6.92 Å². The van der Waals surface area contributed by atoms with Gasteiger partial charge in [0.15, 0.2) is 0 Å². The lowest BCUT2D eigenvalue weighted by molar-refractivity contribution is -0.139. The summed E-state index contributed by atoms with van der Waals surface area (Å²) in [5, 5.41) is 3.99. The highest BCUT2D eigenvalue weighted by Gasteiger charge is 2.29. The van der Waals surface area contributed by atoms with Gasteiger partial charge in [0.25, 0.3) is 5.91 Å². The molecule has 0 spiro atoms. The summed E-state index contributed by atoms with van der Waals surface area (Å²) in [7, 11) is 3.44. The SMILES string of the molecule is Cc1ccc(C2=NOC(C(=O)N(C)C)C2)cc1. The van der Waals surface area contributed by atoms with Gasteiger partial charge in [0, 0.05) is 20.5 Å². The lowest BCUT2D eigenvalue weighted by Gasteiger charge is -2.13. The number of aryl methyl sites for hydroxylation is 1. The van der Waals surface area contributed by atoms with Gasteiger partial charge in [-0.2, -0.15) is 0 Å². The zero-order valence-corrected chi connectivity index (χ0v) is 10.3. The highest BCUT2D eigenvalue weighted by Crippen LogP contribution is 2.18. The number of hydrogen-bond acceptors (Lipinski definition) is 3. The fourth-order valence-corrected chi connectivity index (χ4v) is 1.71. The standard InChI is InChI=1S/C13H16N2O2/c1-9-4-6-10(7-5-9)11-8-12(17-14-11)13(16)15(2)3/h4-7,12H,8H2,1-3H3. The van der Waals surface area contributed by atoms with Crippen LogP contribution in [0.15, 0.2) is 29.4 Å². The van der Waals surface area contributed by atoms with Crippen molar-refractivity contribution in [2.24, 2.45) is 5.16 Å². The van der Waals surface area contributed by atoms with E-state index >= 15 is 0 Å². The van der Waals surface area contributed by atoms with E-state index < -0.39 is 6.10 Å². The number of nitrogens with zero attached hydrogens (tertiary/aromatic N) is 2. The molecule has 0 aliphatic carbocycles. The normalized spacial score (nSPS) is 18.5. The summed E-state index contributed by atoms with van der Waals surface area (Å²) in [5.74, 6) is -0.0455. The molecule has 1 aromatic carbocycles. The van der Waals surface area contributed by atoms with Gasteiger partial charge in [0.05, 0.1) is 5.71 Å². The number of rotatable bonds is 2. The molecule has 1 atom stereocenters. The van der Waals surface area contributed by atoms with Crippen LogP contribution in [0.2, 0.25) is 0 Å². The second kappa shape index (κ2) is 4.57. The number of oxime groups is 1. The lowest BCUT2D eigenvalue weighted by Crippen LogP contribution is -2.33. The van der Waals surface area contributed by atoms with Gasteiger partial charge < -0.3 is 9.74 Å². The molecule has 0 bridgehead atoms. The van der Waals surface area contributed by atoms with Crippen molar-refractivity contribution in [1.29, 1.82) is 0 Å². The quantitative estimate of drug-likeness (QED) is 0.776. The van der Waals surface area contributed by atoms with Crippen LogP contribution < -0.4 is 0 Å². The van der Waals surface area contributed by atoms with Crippen molar-refractivity contribution < 1.29 is 9.63 Å². The van der Waals surface area contributed by atoms with E-state index in [9.17, 15) is 4.79 Å². The third-order valence-electron chi connectivity index (χ3n) is 2.77. The number of carbonyl (C=O) groups excluding carboxylic acids is 1. The minimum Gasteiger partial charge on any atom is -0.382 e. The molecule has 90 valence electrons. The van der Waals surface area contributed by atoms with Gasteiger partial charge in [-0.1, -0.05) is 35.0 Å². The van der Waals surface area contributed by atoms with Crippen LogP contribution in [0.3, 0.4) is 0 Å². The van der Waals surface area contributed by atoms with Crippen molar-refractivity contribution in [1.82, 2.24) is 4.90 Å². The zero-order chi connectivity index (χ0) is 12.4. The van der Waals surface area contributed by atoms with Crippen molar-refractivity contribution in [2.75, 3.05) is 14.1 Å². The van der Waals surface area contributed by atoms with Crippen LogP contribution in [0.25, 0.3) is 0 Å². The number of carbonyl (C=O) groups is 1. The highest BCUT2D eigenvalue weighted by atomic mass is 16.6. The maximum atomic E-state index is 11.7. The Labute approximate surface area is 101 Å². The van der Waals surface area contributed by atoms with Gasteiger partial charge in [-0.25, -0.2) is 0 Å². The maximum Gasteiger partial charge on any atom is 0.266 e. The van der Waals surface area contributed by atoms with Gasteiger partial charge in [-0.15, -0.1) is 0 Å². The predicted octanol–water partition coefficient (Wildman–Crippen LogP) is 1.58. The van der Waals surface area contributed by atoms with E-state index in [0.29, 0.717) is 6.42 Å². The van der Waals surface area contributed by atoms with E-state index in [2.05, 4.69) is 5.16 Å². The van der Waals surface area contributed by atoms with E-state index in [1.165, 1.54) is 10.5 Å². The van der Waals surface area contributed by atoms with Gasteiger partial charge >= 0.3 is 0 Å². The molecule has 0 saturated carbocycles. The van der Waals surface area contributed by atoms with E-state index in [0.717, 1.165) is 11.3 Å². The minimum absolute atomic E-state index is 0.0455. The molecule has 1 aromatic rings. The Morgan fingerprint density at radius 2 is 2.00 bits per heavy atom. The van der Waals surface area contributed by atoms with Gasteiger partial charge in [0.1, 0.15) is 0 Å². The molecular formula is C13H16N2O2. The Morgan fingerprint density at radius 1 is 1.35 bits per heavy atom. The molecule has 1 unspecified atom stereocenters. The second-order valence-corrected chi connectivity index (χ2v) is 4.43. The van der Waals surface area contributed by atoms with Gasteiger partial charge in [-0.3, -0.25) is 4.79 Å². The predicted molar refractivity (Wildman–Crippen MR) is 65.9 cm³/mol. The van der Waals surface area contributed by atoms with Gasteiger partial charge in [0.2, 0.25) is 6.10 Å². The molecule has 4 nitrogen and oxygen atoms in total. The Bertz CT molecular complexity index is 449. The number of likely N-dealkylation sites (N-methyl/N-ethyl adjacent to an activating group) is 1. The van der Waals surface area contributed by atoms with Crippen LogP contribution in [0.5, 0.6) is 0 Å². The Morgan fingerprint density at radius 3 is 2.59 bits per heavy atom. The number of amides is 1. The van der Waals surface area contributed by atoms with E-state index in [1.54, 1.807) is 14.1 Å². The average molecular weight is 232 g/mol. The summed E-state index contributed by atoms with van der Waals surface area (Å²) in [6.45, 7) is 2.04. The van der Waals surface area contributed by atoms with Crippen LogP contribution in [0.1, 0.15) is 17.5 Å². The van der Waals surface area contributed by atoms with Crippen LogP contribution in [-0.4, -0.2) is 36.7 Å². The molecule has 2 rings (SSSR count). The average Bonchev–Trinajstić information content (AvgIpc) is 2.78. The first-order valence-corrected chi connectivity index (χ1v) is 5.59. The van der Waals surface area contributed by atoms with Crippen molar-refractivity contribution in [3.8, 4) is 0 Å². The first kappa shape index (κ1) is 11.6. The summed E-state index contributed by atoms with van der Waals surface area (Å²) in [4.78, 5) is 18.4. The molecule has 17 heavy (non-hydrogen) atoms. The Balaban J connectivity index is 2.07. The topological polar surface area (TPSA) is 41.9 Å². The molecule has 0 fully saturated rings.